The average molecular weight is 275 g/mol. The van der Waals surface area contributed by atoms with Crippen molar-refractivity contribution in [2.24, 2.45) is 5.92 Å². The van der Waals surface area contributed by atoms with Crippen LogP contribution in [0.5, 0.6) is 0 Å². The molecule has 3 N–H and O–H groups in total. The first-order chi connectivity index (χ1) is 9.69. The molecule has 4 nitrogen and oxygen atoms in total. The van der Waals surface area contributed by atoms with Gasteiger partial charge in [-0.2, -0.15) is 0 Å². The standard InChI is InChI=1S/C16H25N3O/c1-3-6-18-15(12-8-11-4-5-14(12)20-11)13-7-10(2)9-19-16(13)17/h7,9,11-12,14-15,18H,3-6,8H2,1-2H3,(H2,17,19). The number of ether oxygens (including phenoxy) is 1. The molecule has 4 atom stereocenters. The molecule has 2 fully saturated rings. The van der Waals surface area contributed by atoms with Crippen molar-refractivity contribution in [1.82, 2.24) is 10.3 Å². The number of aromatic nitrogens is 1. The van der Waals surface area contributed by atoms with E-state index < -0.39 is 0 Å². The third-order valence-electron chi connectivity index (χ3n) is 4.62. The Morgan fingerprint density at radius 1 is 1.50 bits per heavy atom. The number of nitrogens with two attached hydrogens (primary N) is 1. The molecule has 20 heavy (non-hydrogen) atoms. The fraction of sp³-hybridized carbons (Fsp3) is 0.688. The molecule has 4 heteroatoms. The van der Waals surface area contributed by atoms with Gasteiger partial charge in [-0.05, 0) is 50.8 Å². The highest BCUT2D eigenvalue weighted by Crippen LogP contribution is 2.45. The molecule has 0 saturated carbocycles. The number of pyridine rings is 1. The van der Waals surface area contributed by atoms with Gasteiger partial charge in [0.1, 0.15) is 5.82 Å². The molecule has 0 aliphatic carbocycles. The Labute approximate surface area is 121 Å². The molecule has 0 amide bonds. The van der Waals surface area contributed by atoms with Crippen LogP contribution in [0.25, 0.3) is 0 Å². The SMILES string of the molecule is CCCNC(c1cc(C)cnc1N)C1CC2CCC1O2. The van der Waals surface area contributed by atoms with Crippen molar-refractivity contribution in [2.45, 2.75) is 57.8 Å². The molecular formula is C16H25N3O. The molecular weight excluding hydrogens is 250 g/mol. The number of nitrogens with one attached hydrogen (secondary N) is 1. The molecule has 3 heterocycles. The van der Waals surface area contributed by atoms with Gasteiger partial charge < -0.3 is 15.8 Å². The van der Waals surface area contributed by atoms with Crippen LogP contribution in [0.3, 0.4) is 0 Å². The lowest BCUT2D eigenvalue weighted by Gasteiger charge is -2.30. The van der Waals surface area contributed by atoms with E-state index in [4.69, 9.17) is 10.5 Å². The number of nitrogen functional groups attached to an aromatic ring is 1. The van der Waals surface area contributed by atoms with Crippen molar-refractivity contribution in [3.63, 3.8) is 0 Å². The van der Waals surface area contributed by atoms with Gasteiger partial charge in [0.15, 0.2) is 0 Å². The van der Waals surface area contributed by atoms with Crippen LogP contribution in [-0.4, -0.2) is 23.7 Å². The Morgan fingerprint density at radius 3 is 3.00 bits per heavy atom. The first-order valence-electron chi connectivity index (χ1n) is 7.80. The van der Waals surface area contributed by atoms with Gasteiger partial charge in [-0.1, -0.05) is 6.92 Å². The molecule has 2 aliphatic heterocycles. The van der Waals surface area contributed by atoms with Crippen molar-refractivity contribution >= 4 is 5.82 Å². The molecule has 1 aromatic heterocycles. The molecule has 0 aromatic carbocycles. The quantitative estimate of drug-likeness (QED) is 0.867. The minimum atomic E-state index is 0.276. The fourth-order valence-electron chi connectivity index (χ4n) is 3.67. The lowest BCUT2D eigenvalue weighted by molar-refractivity contribution is 0.0857. The average Bonchev–Trinajstić information content (AvgIpc) is 3.05. The summed E-state index contributed by atoms with van der Waals surface area (Å²) in [6.45, 7) is 5.27. The summed E-state index contributed by atoms with van der Waals surface area (Å²) >= 11 is 0. The van der Waals surface area contributed by atoms with E-state index in [1.54, 1.807) is 0 Å². The van der Waals surface area contributed by atoms with Crippen LogP contribution in [-0.2, 0) is 4.74 Å². The number of hydrogen-bond acceptors (Lipinski definition) is 4. The zero-order valence-electron chi connectivity index (χ0n) is 12.4. The lowest BCUT2D eigenvalue weighted by Crippen LogP contribution is -2.35. The summed E-state index contributed by atoms with van der Waals surface area (Å²) in [4.78, 5) is 4.34. The normalized spacial score (nSPS) is 29.8. The second-order valence-electron chi connectivity index (χ2n) is 6.19. The second-order valence-corrected chi connectivity index (χ2v) is 6.19. The first-order valence-corrected chi connectivity index (χ1v) is 7.80. The summed E-state index contributed by atoms with van der Waals surface area (Å²) in [6.07, 6.45) is 7.40. The van der Waals surface area contributed by atoms with Crippen LogP contribution in [0.2, 0.25) is 0 Å². The predicted octanol–water partition coefficient (Wildman–Crippen LogP) is 2.58. The third kappa shape index (κ3) is 2.54. The highest BCUT2D eigenvalue weighted by atomic mass is 16.5. The number of rotatable bonds is 5. The van der Waals surface area contributed by atoms with Crippen LogP contribution in [0.1, 0.15) is 49.8 Å². The largest absolute Gasteiger partial charge is 0.383 e. The molecule has 2 bridgehead atoms. The van der Waals surface area contributed by atoms with Gasteiger partial charge in [-0.25, -0.2) is 4.98 Å². The Kier molecular flexibility index (Phi) is 3.94. The number of aryl methyl sites for hydroxylation is 1. The Morgan fingerprint density at radius 2 is 2.35 bits per heavy atom. The molecule has 0 radical (unpaired) electrons. The molecule has 0 spiro atoms. The van der Waals surface area contributed by atoms with Gasteiger partial charge in [0, 0.05) is 23.7 Å². The Balaban J connectivity index is 1.87. The number of fused-ring (bicyclic) bond motifs is 2. The third-order valence-corrected chi connectivity index (χ3v) is 4.62. The Bertz CT molecular complexity index is 477. The van der Waals surface area contributed by atoms with Gasteiger partial charge in [0.2, 0.25) is 0 Å². The summed E-state index contributed by atoms with van der Waals surface area (Å²) in [5.74, 6) is 1.19. The van der Waals surface area contributed by atoms with Crippen LogP contribution < -0.4 is 11.1 Å². The van der Waals surface area contributed by atoms with E-state index >= 15 is 0 Å². The van der Waals surface area contributed by atoms with Crippen molar-refractivity contribution in [3.8, 4) is 0 Å². The minimum Gasteiger partial charge on any atom is -0.383 e. The van der Waals surface area contributed by atoms with E-state index in [-0.39, 0.29) is 6.04 Å². The van der Waals surface area contributed by atoms with E-state index in [0.717, 1.165) is 24.9 Å². The predicted molar refractivity (Wildman–Crippen MR) is 80.4 cm³/mol. The summed E-state index contributed by atoms with van der Waals surface area (Å²) in [6, 6.07) is 2.46. The molecule has 1 aromatic rings. The van der Waals surface area contributed by atoms with Crippen molar-refractivity contribution in [2.75, 3.05) is 12.3 Å². The van der Waals surface area contributed by atoms with Gasteiger partial charge in [-0.15, -0.1) is 0 Å². The summed E-state index contributed by atoms with van der Waals surface area (Å²) in [5.41, 5.74) is 8.46. The maximum atomic E-state index is 6.14. The van der Waals surface area contributed by atoms with E-state index in [1.165, 1.54) is 18.4 Å². The number of hydrogen-bond donors (Lipinski definition) is 2. The zero-order chi connectivity index (χ0) is 14.1. The van der Waals surface area contributed by atoms with Gasteiger partial charge in [0.25, 0.3) is 0 Å². The monoisotopic (exact) mass is 275 g/mol. The minimum absolute atomic E-state index is 0.276. The van der Waals surface area contributed by atoms with E-state index in [0.29, 0.717) is 23.9 Å². The first kappa shape index (κ1) is 13.8. The Hall–Kier alpha value is -1.13. The topological polar surface area (TPSA) is 60.2 Å². The maximum absolute atomic E-state index is 6.14. The second kappa shape index (κ2) is 5.70. The lowest BCUT2D eigenvalue weighted by atomic mass is 9.81. The van der Waals surface area contributed by atoms with E-state index in [2.05, 4.69) is 30.2 Å². The smallest absolute Gasteiger partial charge is 0.128 e. The fourth-order valence-corrected chi connectivity index (χ4v) is 3.67. The number of nitrogens with zero attached hydrogens (tertiary/aromatic N) is 1. The van der Waals surface area contributed by atoms with Crippen LogP contribution >= 0.6 is 0 Å². The van der Waals surface area contributed by atoms with Gasteiger partial charge in [0.05, 0.1) is 12.2 Å². The van der Waals surface area contributed by atoms with Crippen LogP contribution in [0, 0.1) is 12.8 Å². The molecule has 2 saturated heterocycles. The van der Waals surface area contributed by atoms with Crippen LogP contribution in [0.4, 0.5) is 5.82 Å². The maximum Gasteiger partial charge on any atom is 0.128 e. The van der Waals surface area contributed by atoms with Gasteiger partial charge in [-0.3, -0.25) is 0 Å². The highest BCUT2D eigenvalue weighted by Gasteiger charge is 2.45. The van der Waals surface area contributed by atoms with Crippen molar-refractivity contribution in [1.29, 1.82) is 0 Å². The van der Waals surface area contributed by atoms with Gasteiger partial charge >= 0.3 is 0 Å². The van der Waals surface area contributed by atoms with Crippen molar-refractivity contribution < 1.29 is 4.74 Å². The summed E-state index contributed by atoms with van der Waals surface area (Å²) in [7, 11) is 0. The zero-order valence-corrected chi connectivity index (χ0v) is 12.4. The highest BCUT2D eigenvalue weighted by molar-refractivity contribution is 5.43. The van der Waals surface area contributed by atoms with E-state index in [1.807, 2.05) is 6.20 Å². The summed E-state index contributed by atoms with van der Waals surface area (Å²) < 4.78 is 6.04. The van der Waals surface area contributed by atoms with Crippen molar-refractivity contribution in [3.05, 3.63) is 23.4 Å². The summed E-state index contributed by atoms with van der Waals surface area (Å²) in [5, 5.41) is 3.68. The number of anilines is 1. The van der Waals surface area contributed by atoms with E-state index in [9.17, 15) is 0 Å². The van der Waals surface area contributed by atoms with Crippen LogP contribution in [0.15, 0.2) is 12.3 Å². The molecule has 4 unspecified atom stereocenters. The molecule has 2 aliphatic rings. The molecule has 3 rings (SSSR count). The molecule has 110 valence electrons.